The summed E-state index contributed by atoms with van der Waals surface area (Å²) in [6.07, 6.45) is -4.39. The van der Waals surface area contributed by atoms with Crippen molar-refractivity contribution in [3.63, 3.8) is 0 Å². The molecule has 5 heteroatoms. The fourth-order valence-corrected chi connectivity index (χ4v) is 2.32. The molecule has 1 aromatic carbocycles. The first-order valence-corrected chi connectivity index (χ1v) is 6.74. The minimum absolute atomic E-state index is 0.0910. The molecule has 2 unspecified atom stereocenters. The van der Waals surface area contributed by atoms with E-state index < -0.39 is 11.7 Å². The van der Waals surface area contributed by atoms with Crippen LogP contribution in [0.5, 0.6) is 0 Å². The molecule has 0 saturated carbocycles. The molecule has 0 aliphatic heterocycles. The van der Waals surface area contributed by atoms with Gasteiger partial charge >= 0.3 is 6.18 Å². The minimum atomic E-state index is -4.30. The molecular formula is C15H22F3NO. The van der Waals surface area contributed by atoms with Gasteiger partial charge in [0.05, 0.1) is 17.7 Å². The lowest BCUT2D eigenvalue weighted by Gasteiger charge is -2.30. The first-order valence-electron chi connectivity index (χ1n) is 6.74. The molecule has 114 valence electrons. The second-order valence-electron chi connectivity index (χ2n) is 5.10. The Bertz CT molecular complexity index is 401. The van der Waals surface area contributed by atoms with E-state index in [2.05, 4.69) is 5.32 Å². The second-order valence-corrected chi connectivity index (χ2v) is 5.10. The van der Waals surface area contributed by atoms with E-state index >= 15 is 0 Å². The van der Waals surface area contributed by atoms with Crippen molar-refractivity contribution in [2.75, 3.05) is 13.7 Å². The van der Waals surface area contributed by atoms with Crippen molar-refractivity contribution in [3.05, 3.63) is 35.4 Å². The van der Waals surface area contributed by atoms with Gasteiger partial charge < -0.3 is 10.1 Å². The molecular weight excluding hydrogens is 267 g/mol. The van der Waals surface area contributed by atoms with Gasteiger partial charge in [-0.05, 0) is 30.2 Å². The number of nitrogens with one attached hydrogen (secondary N) is 1. The summed E-state index contributed by atoms with van der Waals surface area (Å²) in [7, 11) is 1.62. The molecule has 0 amide bonds. The zero-order valence-corrected chi connectivity index (χ0v) is 12.3. The van der Waals surface area contributed by atoms with Crippen molar-refractivity contribution < 1.29 is 17.9 Å². The van der Waals surface area contributed by atoms with Crippen LogP contribution in [0.1, 0.15) is 37.9 Å². The number of halogens is 3. The summed E-state index contributed by atoms with van der Waals surface area (Å²) in [5.74, 6) is 0.256. The molecule has 0 spiro atoms. The largest absolute Gasteiger partial charge is 0.416 e. The molecule has 0 heterocycles. The van der Waals surface area contributed by atoms with Crippen LogP contribution in [-0.4, -0.2) is 19.8 Å². The summed E-state index contributed by atoms with van der Waals surface area (Å²) in [6, 6.07) is 5.15. The minimum Gasteiger partial charge on any atom is -0.379 e. The predicted molar refractivity (Wildman–Crippen MR) is 73.5 cm³/mol. The standard InChI is InChI=1S/C15H22F3NO/c1-5-19-13(14(20-4)10(2)3)11-6-8-12(9-7-11)15(16,17)18/h6-10,13-14,19H,5H2,1-4H3. The van der Waals surface area contributed by atoms with Gasteiger partial charge in [0.2, 0.25) is 0 Å². The van der Waals surface area contributed by atoms with Gasteiger partial charge in [0.25, 0.3) is 0 Å². The summed E-state index contributed by atoms with van der Waals surface area (Å²) in [5.41, 5.74) is 0.176. The third-order valence-corrected chi connectivity index (χ3v) is 3.28. The Morgan fingerprint density at radius 2 is 1.70 bits per heavy atom. The van der Waals surface area contributed by atoms with Crippen molar-refractivity contribution in [2.45, 2.75) is 39.1 Å². The van der Waals surface area contributed by atoms with Gasteiger partial charge in [-0.25, -0.2) is 0 Å². The van der Waals surface area contributed by atoms with Crippen molar-refractivity contribution in [1.82, 2.24) is 5.32 Å². The molecule has 2 nitrogen and oxygen atoms in total. The zero-order valence-electron chi connectivity index (χ0n) is 12.3. The molecule has 20 heavy (non-hydrogen) atoms. The third-order valence-electron chi connectivity index (χ3n) is 3.28. The first kappa shape index (κ1) is 17.0. The van der Waals surface area contributed by atoms with E-state index in [1.807, 2.05) is 20.8 Å². The van der Waals surface area contributed by atoms with E-state index in [0.717, 1.165) is 24.2 Å². The zero-order chi connectivity index (χ0) is 15.3. The molecule has 0 saturated heterocycles. The lowest BCUT2D eigenvalue weighted by atomic mass is 9.93. The number of benzene rings is 1. The first-order chi connectivity index (χ1) is 9.31. The average Bonchev–Trinajstić information content (AvgIpc) is 2.37. The molecule has 0 fully saturated rings. The van der Waals surface area contributed by atoms with Crippen molar-refractivity contribution in [2.24, 2.45) is 5.92 Å². The molecule has 1 rings (SSSR count). The monoisotopic (exact) mass is 289 g/mol. The number of ether oxygens (including phenoxy) is 1. The molecule has 0 aromatic heterocycles. The highest BCUT2D eigenvalue weighted by molar-refractivity contribution is 5.27. The Morgan fingerprint density at radius 1 is 1.15 bits per heavy atom. The topological polar surface area (TPSA) is 21.3 Å². The lowest BCUT2D eigenvalue weighted by Crippen LogP contribution is -2.36. The predicted octanol–water partition coefficient (Wildman–Crippen LogP) is 4.03. The molecule has 0 aliphatic carbocycles. The molecule has 1 N–H and O–H groups in total. The summed E-state index contributed by atoms with van der Waals surface area (Å²) in [6.45, 7) is 6.74. The maximum Gasteiger partial charge on any atom is 0.416 e. The Balaban J connectivity index is 3.03. The quantitative estimate of drug-likeness (QED) is 0.854. The maximum absolute atomic E-state index is 12.6. The fraction of sp³-hybridized carbons (Fsp3) is 0.600. The number of methoxy groups -OCH3 is 1. The SMILES string of the molecule is CCNC(c1ccc(C(F)(F)F)cc1)C(OC)C(C)C. The van der Waals surface area contributed by atoms with Gasteiger partial charge in [-0.2, -0.15) is 13.2 Å². The van der Waals surface area contributed by atoms with Gasteiger partial charge in [-0.15, -0.1) is 0 Å². The van der Waals surface area contributed by atoms with E-state index in [1.54, 1.807) is 7.11 Å². The van der Waals surface area contributed by atoms with Crippen LogP contribution in [0.15, 0.2) is 24.3 Å². The second kappa shape index (κ2) is 7.09. The number of hydrogen-bond donors (Lipinski definition) is 1. The Morgan fingerprint density at radius 3 is 2.05 bits per heavy atom. The maximum atomic E-state index is 12.6. The molecule has 2 atom stereocenters. The lowest BCUT2D eigenvalue weighted by molar-refractivity contribution is -0.137. The van der Waals surface area contributed by atoms with Gasteiger partial charge in [0.1, 0.15) is 0 Å². The summed E-state index contributed by atoms with van der Waals surface area (Å²) in [4.78, 5) is 0. The Hall–Kier alpha value is -1.07. The van der Waals surface area contributed by atoms with Gasteiger partial charge in [0.15, 0.2) is 0 Å². The van der Waals surface area contributed by atoms with Crippen molar-refractivity contribution >= 4 is 0 Å². The highest BCUT2D eigenvalue weighted by Crippen LogP contribution is 2.31. The highest BCUT2D eigenvalue weighted by Gasteiger charge is 2.31. The number of alkyl halides is 3. The number of likely N-dealkylation sites (N-methyl/N-ethyl adjacent to an activating group) is 1. The van der Waals surface area contributed by atoms with E-state index in [0.29, 0.717) is 0 Å². The van der Waals surface area contributed by atoms with Crippen molar-refractivity contribution in [1.29, 1.82) is 0 Å². The fourth-order valence-electron chi connectivity index (χ4n) is 2.32. The summed E-state index contributed by atoms with van der Waals surface area (Å²) >= 11 is 0. The smallest absolute Gasteiger partial charge is 0.379 e. The highest BCUT2D eigenvalue weighted by atomic mass is 19.4. The van der Waals surface area contributed by atoms with Crippen LogP contribution >= 0.6 is 0 Å². The van der Waals surface area contributed by atoms with Crippen LogP contribution in [-0.2, 0) is 10.9 Å². The average molecular weight is 289 g/mol. The molecule has 0 bridgehead atoms. The molecule has 0 aliphatic rings. The molecule has 0 radical (unpaired) electrons. The number of hydrogen-bond acceptors (Lipinski definition) is 2. The van der Waals surface area contributed by atoms with Gasteiger partial charge in [-0.1, -0.05) is 32.9 Å². The van der Waals surface area contributed by atoms with Crippen molar-refractivity contribution in [3.8, 4) is 0 Å². The summed E-state index contributed by atoms with van der Waals surface area (Å²) < 4.78 is 43.2. The van der Waals surface area contributed by atoms with E-state index in [-0.39, 0.29) is 18.1 Å². The Kier molecular flexibility index (Phi) is 6.02. The van der Waals surface area contributed by atoms with Crippen LogP contribution in [0.2, 0.25) is 0 Å². The third kappa shape index (κ3) is 4.21. The van der Waals surface area contributed by atoms with E-state index in [4.69, 9.17) is 4.74 Å². The van der Waals surface area contributed by atoms with Crippen LogP contribution in [0.3, 0.4) is 0 Å². The van der Waals surface area contributed by atoms with Crippen LogP contribution in [0, 0.1) is 5.92 Å². The number of rotatable bonds is 6. The molecule has 1 aromatic rings. The summed E-state index contributed by atoms with van der Waals surface area (Å²) in [5, 5.41) is 3.28. The van der Waals surface area contributed by atoms with E-state index in [1.165, 1.54) is 12.1 Å². The normalized spacial score (nSPS) is 15.4. The van der Waals surface area contributed by atoms with Crippen LogP contribution in [0.4, 0.5) is 13.2 Å². The van der Waals surface area contributed by atoms with Gasteiger partial charge in [-0.3, -0.25) is 0 Å². The van der Waals surface area contributed by atoms with Crippen LogP contribution in [0.25, 0.3) is 0 Å². The van der Waals surface area contributed by atoms with Crippen LogP contribution < -0.4 is 5.32 Å². The van der Waals surface area contributed by atoms with Gasteiger partial charge in [0, 0.05) is 7.11 Å². The van der Waals surface area contributed by atoms with E-state index in [9.17, 15) is 13.2 Å². The Labute approximate surface area is 118 Å².